The lowest BCUT2D eigenvalue weighted by molar-refractivity contribution is -0.123. The minimum atomic E-state index is -0.702. The van der Waals surface area contributed by atoms with Crippen molar-refractivity contribution in [3.05, 3.63) is 83.2 Å². The van der Waals surface area contributed by atoms with Crippen molar-refractivity contribution < 1.29 is 42.2 Å². The predicted molar refractivity (Wildman–Crippen MR) is 131 cm³/mol. The summed E-state index contributed by atoms with van der Waals surface area (Å²) in [6, 6.07) is 12.6. The van der Waals surface area contributed by atoms with Crippen LogP contribution in [0.3, 0.4) is 0 Å². The Morgan fingerprint density at radius 3 is 2.61 bits per heavy atom. The average Bonchev–Trinajstić information content (AvgIpc) is 3.49. The van der Waals surface area contributed by atoms with Crippen LogP contribution in [-0.2, 0) is 20.9 Å². The highest BCUT2D eigenvalue weighted by Gasteiger charge is 2.34. The molecule has 3 aromatic rings. The summed E-state index contributed by atoms with van der Waals surface area (Å²) in [5.74, 6) is -2.05. The zero-order valence-electron chi connectivity index (χ0n) is 20.3. The van der Waals surface area contributed by atoms with E-state index in [2.05, 4.69) is 15.4 Å². The molecule has 12 heteroatoms. The molecule has 0 bridgehead atoms. The zero-order valence-corrected chi connectivity index (χ0v) is 20.3. The number of esters is 1. The van der Waals surface area contributed by atoms with Crippen LogP contribution in [0.25, 0.3) is 6.08 Å². The number of nitrogens with zero attached hydrogens (tertiary/aromatic N) is 1. The number of para-hydroxylation sites is 2. The van der Waals surface area contributed by atoms with Crippen LogP contribution in [0.5, 0.6) is 11.5 Å². The maximum atomic E-state index is 13.8. The number of urea groups is 1. The van der Waals surface area contributed by atoms with Gasteiger partial charge in [0.05, 0.1) is 26.5 Å². The van der Waals surface area contributed by atoms with E-state index in [1.807, 2.05) is 0 Å². The fraction of sp³-hybridized carbons (Fsp3) is 0.154. The number of carbonyl (C=O) groups excluding carboxylic acids is 4. The van der Waals surface area contributed by atoms with Crippen LogP contribution < -0.4 is 20.1 Å². The van der Waals surface area contributed by atoms with Gasteiger partial charge in [-0.05, 0) is 36.4 Å². The molecule has 38 heavy (non-hydrogen) atoms. The second-order valence-corrected chi connectivity index (χ2v) is 7.83. The number of halogens is 1. The molecule has 0 radical (unpaired) electrons. The number of hydrogen-bond acceptors (Lipinski definition) is 8. The molecular formula is C26H22FN3O8. The van der Waals surface area contributed by atoms with E-state index >= 15 is 0 Å². The summed E-state index contributed by atoms with van der Waals surface area (Å²) in [5.41, 5.74) is 0.265. The first-order chi connectivity index (χ1) is 18.3. The molecule has 1 aliphatic heterocycles. The van der Waals surface area contributed by atoms with E-state index < -0.39 is 36.2 Å². The Morgan fingerprint density at radius 1 is 1.08 bits per heavy atom. The van der Waals surface area contributed by atoms with E-state index in [1.54, 1.807) is 24.3 Å². The molecule has 1 fully saturated rings. The van der Waals surface area contributed by atoms with Crippen LogP contribution >= 0.6 is 0 Å². The molecule has 1 aliphatic rings. The summed E-state index contributed by atoms with van der Waals surface area (Å²) >= 11 is 0. The molecule has 2 aromatic carbocycles. The zero-order chi connectivity index (χ0) is 27.2. The summed E-state index contributed by atoms with van der Waals surface area (Å²) in [7, 11) is 2.60. The lowest BCUT2D eigenvalue weighted by Crippen LogP contribution is -2.30. The molecule has 2 heterocycles. The van der Waals surface area contributed by atoms with Crippen molar-refractivity contribution in [2.75, 3.05) is 26.1 Å². The van der Waals surface area contributed by atoms with Crippen LogP contribution in [0.4, 0.5) is 14.9 Å². The third-order valence-electron chi connectivity index (χ3n) is 5.35. The van der Waals surface area contributed by atoms with Crippen molar-refractivity contribution in [1.82, 2.24) is 10.2 Å². The summed E-state index contributed by atoms with van der Waals surface area (Å²) < 4.78 is 34.7. The number of benzene rings is 2. The summed E-state index contributed by atoms with van der Waals surface area (Å²) in [6.45, 7) is -0.713. The lowest BCUT2D eigenvalue weighted by Gasteiger charge is -2.14. The average molecular weight is 523 g/mol. The van der Waals surface area contributed by atoms with Gasteiger partial charge in [0.1, 0.15) is 17.3 Å². The van der Waals surface area contributed by atoms with Gasteiger partial charge in [-0.3, -0.25) is 14.5 Å². The third kappa shape index (κ3) is 5.64. The highest BCUT2D eigenvalue weighted by Crippen LogP contribution is 2.33. The Balaban J connectivity index is 1.50. The first-order valence-corrected chi connectivity index (χ1v) is 11.2. The van der Waals surface area contributed by atoms with Gasteiger partial charge in [0.2, 0.25) is 5.76 Å². The normalized spacial score (nSPS) is 13.9. The van der Waals surface area contributed by atoms with Crippen LogP contribution in [0.1, 0.15) is 21.9 Å². The monoisotopic (exact) mass is 523 g/mol. The van der Waals surface area contributed by atoms with Gasteiger partial charge in [-0.1, -0.05) is 24.3 Å². The number of nitrogens with one attached hydrogen (secondary N) is 2. The molecule has 0 atom stereocenters. The molecule has 1 aromatic heterocycles. The Morgan fingerprint density at radius 2 is 1.87 bits per heavy atom. The SMILES string of the molecule is COC(=O)c1ccc(CN2C(=O)N/C(=C\c3cccc(OC)c3OCC(=O)Nc3ccccc3F)C2=O)o1. The quantitative estimate of drug-likeness (QED) is 0.248. The minimum absolute atomic E-state index is 0.00177. The highest BCUT2D eigenvalue weighted by atomic mass is 19.1. The summed E-state index contributed by atoms with van der Waals surface area (Å²) in [6.07, 6.45) is 1.37. The second kappa shape index (κ2) is 11.3. The minimum Gasteiger partial charge on any atom is -0.493 e. The smallest absolute Gasteiger partial charge is 0.373 e. The largest absolute Gasteiger partial charge is 0.493 e. The molecular weight excluding hydrogens is 501 g/mol. The molecule has 0 spiro atoms. The predicted octanol–water partition coefficient (Wildman–Crippen LogP) is 3.32. The van der Waals surface area contributed by atoms with Gasteiger partial charge in [0.15, 0.2) is 18.1 Å². The van der Waals surface area contributed by atoms with Gasteiger partial charge in [-0.25, -0.2) is 14.0 Å². The molecule has 4 amide bonds. The molecule has 4 rings (SSSR count). The molecule has 1 saturated heterocycles. The topological polar surface area (TPSA) is 136 Å². The van der Waals surface area contributed by atoms with Gasteiger partial charge in [-0.15, -0.1) is 0 Å². The summed E-state index contributed by atoms with van der Waals surface area (Å²) in [4.78, 5) is 50.3. The number of ether oxygens (including phenoxy) is 3. The Kier molecular flexibility index (Phi) is 7.71. The van der Waals surface area contributed by atoms with Gasteiger partial charge < -0.3 is 29.3 Å². The summed E-state index contributed by atoms with van der Waals surface area (Å²) in [5, 5.41) is 4.89. The van der Waals surface area contributed by atoms with Crippen molar-refractivity contribution in [3.8, 4) is 11.5 Å². The van der Waals surface area contributed by atoms with Crippen LogP contribution in [0.2, 0.25) is 0 Å². The van der Waals surface area contributed by atoms with Gasteiger partial charge in [0.25, 0.3) is 11.8 Å². The van der Waals surface area contributed by atoms with E-state index in [-0.39, 0.29) is 40.9 Å². The van der Waals surface area contributed by atoms with E-state index in [9.17, 15) is 23.6 Å². The number of hydrogen-bond donors (Lipinski definition) is 2. The molecule has 0 saturated carbocycles. The number of amides is 4. The first kappa shape index (κ1) is 25.9. The van der Waals surface area contributed by atoms with Gasteiger partial charge >= 0.3 is 12.0 Å². The number of anilines is 1. The van der Waals surface area contributed by atoms with E-state index in [4.69, 9.17) is 13.9 Å². The van der Waals surface area contributed by atoms with Gasteiger partial charge in [0, 0.05) is 5.56 Å². The number of methoxy groups -OCH3 is 2. The molecule has 0 aliphatic carbocycles. The Hall–Kier alpha value is -5.13. The standard InChI is InChI=1S/C26H22FN3O8/c1-35-20-9-5-6-15(23(20)37-14-22(31)28-18-8-4-3-7-17(18)27)12-19-24(32)30(26(34)29-19)13-16-10-11-21(38-16)25(33)36-2/h3-12H,13-14H2,1-2H3,(H,28,31)(H,29,34)/b19-12-. The van der Waals surface area contributed by atoms with E-state index in [0.717, 1.165) is 4.90 Å². The third-order valence-corrected chi connectivity index (χ3v) is 5.35. The van der Waals surface area contributed by atoms with E-state index in [1.165, 1.54) is 50.6 Å². The molecule has 11 nitrogen and oxygen atoms in total. The van der Waals surface area contributed by atoms with Crippen molar-refractivity contribution in [2.24, 2.45) is 0 Å². The Labute approximate surface area is 215 Å². The first-order valence-electron chi connectivity index (χ1n) is 11.2. The second-order valence-electron chi connectivity index (χ2n) is 7.83. The Bertz CT molecular complexity index is 1430. The van der Waals surface area contributed by atoms with Crippen molar-refractivity contribution in [1.29, 1.82) is 0 Å². The highest BCUT2D eigenvalue weighted by molar-refractivity contribution is 6.14. The fourth-order valence-corrected chi connectivity index (χ4v) is 3.55. The van der Waals surface area contributed by atoms with Crippen molar-refractivity contribution >= 4 is 35.6 Å². The number of rotatable bonds is 9. The number of carbonyl (C=O) groups is 4. The fourth-order valence-electron chi connectivity index (χ4n) is 3.55. The van der Waals surface area contributed by atoms with E-state index in [0.29, 0.717) is 5.56 Å². The maximum absolute atomic E-state index is 13.8. The lowest BCUT2D eigenvalue weighted by atomic mass is 10.1. The molecule has 196 valence electrons. The van der Waals surface area contributed by atoms with Crippen LogP contribution in [0, 0.1) is 5.82 Å². The number of imide groups is 1. The molecule has 0 unspecified atom stereocenters. The van der Waals surface area contributed by atoms with Crippen molar-refractivity contribution in [2.45, 2.75) is 6.54 Å². The molecule has 2 N–H and O–H groups in total. The van der Waals surface area contributed by atoms with Crippen LogP contribution in [-0.4, -0.2) is 49.5 Å². The van der Waals surface area contributed by atoms with Crippen molar-refractivity contribution in [3.63, 3.8) is 0 Å². The maximum Gasteiger partial charge on any atom is 0.373 e. The van der Waals surface area contributed by atoms with Gasteiger partial charge in [-0.2, -0.15) is 0 Å². The number of furan rings is 1. The van der Waals surface area contributed by atoms with Crippen LogP contribution in [0.15, 0.2) is 64.7 Å².